The summed E-state index contributed by atoms with van der Waals surface area (Å²) in [5.41, 5.74) is 0.781. The van der Waals surface area contributed by atoms with E-state index in [1.165, 1.54) is 4.31 Å². The van der Waals surface area contributed by atoms with Crippen LogP contribution in [0.1, 0.15) is 25.3 Å². The third-order valence-electron chi connectivity index (χ3n) is 4.22. The lowest BCUT2D eigenvalue weighted by atomic mass is 10.0. The minimum absolute atomic E-state index is 0.244. The average Bonchev–Trinajstić information content (AvgIpc) is 2.54. The van der Waals surface area contributed by atoms with E-state index in [1.807, 2.05) is 12.1 Å². The van der Waals surface area contributed by atoms with Gasteiger partial charge in [0.2, 0.25) is 0 Å². The first-order valence-corrected chi connectivity index (χ1v) is 9.21. The van der Waals surface area contributed by atoms with Crippen molar-refractivity contribution in [3.05, 3.63) is 23.8 Å². The Labute approximate surface area is 139 Å². The minimum atomic E-state index is -3.47. The third-order valence-corrected chi connectivity index (χ3v) is 6.12. The lowest BCUT2D eigenvalue weighted by Crippen LogP contribution is -2.46. The molecule has 0 aromatic heterocycles. The van der Waals surface area contributed by atoms with Gasteiger partial charge in [0, 0.05) is 32.2 Å². The van der Waals surface area contributed by atoms with Gasteiger partial charge in [0.15, 0.2) is 11.5 Å². The van der Waals surface area contributed by atoms with E-state index < -0.39 is 10.2 Å². The quantitative estimate of drug-likeness (QED) is 0.794. The molecule has 1 fully saturated rings. The Hall–Kier alpha value is -1.31. The molecule has 7 heteroatoms. The maximum atomic E-state index is 12.8. The molecule has 0 spiro atoms. The van der Waals surface area contributed by atoms with Crippen LogP contribution in [0.3, 0.4) is 0 Å². The highest BCUT2D eigenvalue weighted by molar-refractivity contribution is 7.86. The lowest BCUT2D eigenvalue weighted by Gasteiger charge is -2.33. The second-order valence-corrected chi connectivity index (χ2v) is 8.06. The molecule has 23 heavy (non-hydrogen) atoms. The molecule has 0 unspecified atom stereocenters. The van der Waals surface area contributed by atoms with Crippen molar-refractivity contribution < 1.29 is 17.9 Å². The van der Waals surface area contributed by atoms with Crippen LogP contribution in [0.15, 0.2) is 18.2 Å². The van der Waals surface area contributed by atoms with Crippen molar-refractivity contribution in [2.75, 3.05) is 34.4 Å². The Kier molecular flexibility index (Phi) is 5.89. The molecule has 0 radical (unpaired) electrons. The topological polar surface area (TPSA) is 59.1 Å². The van der Waals surface area contributed by atoms with E-state index in [-0.39, 0.29) is 6.54 Å². The van der Waals surface area contributed by atoms with Crippen LogP contribution in [0.25, 0.3) is 0 Å². The molecule has 2 rings (SSSR count). The SMILES string of the molecule is COc1cccc(CN(C)S(=O)(=O)N2CCC[C@H](C)C2)c1OC. The van der Waals surface area contributed by atoms with Gasteiger partial charge in [-0.1, -0.05) is 19.1 Å². The molecule has 1 aromatic rings. The molecule has 0 bridgehead atoms. The number of rotatable bonds is 6. The Balaban J connectivity index is 2.19. The van der Waals surface area contributed by atoms with Crippen molar-refractivity contribution in [1.82, 2.24) is 8.61 Å². The molecule has 0 aliphatic carbocycles. The van der Waals surface area contributed by atoms with Crippen LogP contribution in [0, 0.1) is 5.92 Å². The van der Waals surface area contributed by atoms with Gasteiger partial charge in [-0.3, -0.25) is 0 Å². The lowest BCUT2D eigenvalue weighted by molar-refractivity contribution is 0.262. The van der Waals surface area contributed by atoms with Crippen molar-refractivity contribution in [1.29, 1.82) is 0 Å². The molecule has 6 nitrogen and oxygen atoms in total. The van der Waals surface area contributed by atoms with Crippen LogP contribution in [0.2, 0.25) is 0 Å². The van der Waals surface area contributed by atoms with Crippen LogP contribution in [0.4, 0.5) is 0 Å². The van der Waals surface area contributed by atoms with Gasteiger partial charge in [0.25, 0.3) is 10.2 Å². The Bertz CT molecular complexity index is 633. The summed E-state index contributed by atoms with van der Waals surface area (Å²) < 4.78 is 39.1. The summed E-state index contributed by atoms with van der Waals surface area (Å²) in [5.74, 6) is 1.57. The summed E-state index contributed by atoms with van der Waals surface area (Å²) >= 11 is 0. The van der Waals surface area contributed by atoms with Crippen LogP contribution in [-0.4, -0.2) is 51.4 Å². The molecule has 1 atom stereocenters. The average molecular weight is 342 g/mol. The molecule has 1 aliphatic heterocycles. The van der Waals surface area contributed by atoms with Crippen molar-refractivity contribution >= 4 is 10.2 Å². The van der Waals surface area contributed by atoms with E-state index in [0.29, 0.717) is 30.5 Å². The van der Waals surface area contributed by atoms with Crippen LogP contribution < -0.4 is 9.47 Å². The number of hydrogen-bond acceptors (Lipinski definition) is 4. The number of benzene rings is 1. The van der Waals surface area contributed by atoms with Crippen molar-refractivity contribution in [2.24, 2.45) is 5.92 Å². The summed E-state index contributed by atoms with van der Waals surface area (Å²) in [6.45, 7) is 3.51. The van der Waals surface area contributed by atoms with Crippen molar-refractivity contribution in [3.63, 3.8) is 0 Å². The number of hydrogen-bond donors (Lipinski definition) is 0. The highest BCUT2D eigenvalue weighted by atomic mass is 32.2. The van der Waals surface area contributed by atoms with Crippen molar-refractivity contribution in [2.45, 2.75) is 26.3 Å². The molecule has 130 valence electrons. The van der Waals surface area contributed by atoms with Gasteiger partial charge in [-0.25, -0.2) is 0 Å². The predicted molar refractivity (Wildman–Crippen MR) is 89.9 cm³/mol. The smallest absolute Gasteiger partial charge is 0.282 e. The van der Waals surface area contributed by atoms with Crippen LogP contribution >= 0.6 is 0 Å². The fourth-order valence-corrected chi connectivity index (χ4v) is 4.45. The van der Waals surface area contributed by atoms with Gasteiger partial charge in [-0.05, 0) is 24.8 Å². The third kappa shape index (κ3) is 3.97. The fraction of sp³-hybridized carbons (Fsp3) is 0.625. The molecule has 1 saturated heterocycles. The summed E-state index contributed by atoms with van der Waals surface area (Å²) in [7, 11) is 1.26. The maximum Gasteiger partial charge on any atom is 0.282 e. The Morgan fingerprint density at radius 1 is 1.30 bits per heavy atom. The van der Waals surface area contributed by atoms with Crippen molar-refractivity contribution in [3.8, 4) is 11.5 Å². The molecule has 1 aromatic carbocycles. The summed E-state index contributed by atoms with van der Waals surface area (Å²) in [6, 6.07) is 5.48. The van der Waals surface area contributed by atoms with Gasteiger partial charge in [0.1, 0.15) is 0 Å². The number of ether oxygens (including phenoxy) is 2. The zero-order valence-corrected chi connectivity index (χ0v) is 15.1. The van der Waals surface area contributed by atoms with Gasteiger partial charge in [-0.15, -0.1) is 0 Å². The standard InChI is InChI=1S/C16H26N2O4S/c1-13-7-6-10-18(11-13)23(19,20)17(2)12-14-8-5-9-15(21-3)16(14)22-4/h5,8-9,13H,6-7,10-12H2,1-4H3/t13-/m0/s1. The second kappa shape index (κ2) is 7.51. The molecule has 0 saturated carbocycles. The molecular weight excluding hydrogens is 316 g/mol. The first-order chi connectivity index (χ1) is 10.9. The van der Waals surface area contributed by atoms with E-state index in [9.17, 15) is 8.42 Å². The molecule has 1 heterocycles. The largest absolute Gasteiger partial charge is 0.493 e. The van der Waals surface area contributed by atoms with Crippen LogP contribution in [0.5, 0.6) is 11.5 Å². The number of nitrogens with zero attached hydrogens (tertiary/aromatic N) is 2. The number of methoxy groups -OCH3 is 2. The van der Waals surface area contributed by atoms with Crippen LogP contribution in [-0.2, 0) is 16.8 Å². The monoisotopic (exact) mass is 342 g/mol. The minimum Gasteiger partial charge on any atom is -0.493 e. The van der Waals surface area contributed by atoms with Gasteiger partial charge >= 0.3 is 0 Å². The first kappa shape index (κ1) is 18.0. The molecule has 1 aliphatic rings. The highest BCUT2D eigenvalue weighted by Gasteiger charge is 2.31. The Morgan fingerprint density at radius 3 is 2.65 bits per heavy atom. The van der Waals surface area contributed by atoms with E-state index in [0.717, 1.165) is 18.4 Å². The molecule has 0 amide bonds. The summed E-state index contributed by atoms with van der Waals surface area (Å²) in [5, 5.41) is 0. The normalized spacial score (nSPS) is 19.8. The number of para-hydroxylation sites is 1. The number of piperidine rings is 1. The second-order valence-electron chi connectivity index (χ2n) is 6.02. The zero-order valence-electron chi connectivity index (χ0n) is 14.3. The zero-order chi connectivity index (χ0) is 17.0. The van der Waals surface area contributed by atoms with E-state index in [1.54, 1.807) is 31.6 Å². The van der Waals surface area contributed by atoms with Gasteiger partial charge < -0.3 is 9.47 Å². The summed E-state index contributed by atoms with van der Waals surface area (Å²) in [4.78, 5) is 0. The van der Waals surface area contributed by atoms with E-state index >= 15 is 0 Å². The maximum absolute atomic E-state index is 12.8. The fourth-order valence-electron chi connectivity index (χ4n) is 2.95. The Morgan fingerprint density at radius 2 is 2.04 bits per heavy atom. The van der Waals surface area contributed by atoms with E-state index in [2.05, 4.69) is 6.92 Å². The van der Waals surface area contributed by atoms with E-state index in [4.69, 9.17) is 9.47 Å². The van der Waals surface area contributed by atoms with Gasteiger partial charge in [0.05, 0.1) is 14.2 Å². The predicted octanol–water partition coefficient (Wildman–Crippen LogP) is 2.11. The summed E-state index contributed by atoms with van der Waals surface area (Å²) in [6.07, 6.45) is 2.00. The molecule has 0 N–H and O–H groups in total. The van der Waals surface area contributed by atoms with Gasteiger partial charge in [-0.2, -0.15) is 17.0 Å². The molecular formula is C16H26N2O4S. The first-order valence-electron chi connectivity index (χ1n) is 7.81. The highest BCUT2D eigenvalue weighted by Crippen LogP contribution is 2.32.